The molecule has 1 unspecified atom stereocenters. The summed E-state index contributed by atoms with van der Waals surface area (Å²) in [4.78, 5) is 0. The summed E-state index contributed by atoms with van der Waals surface area (Å²) >= 11 is 9.45. The lowest BCUT2D eigenvalue weighted by atomic mass is 10.0. The summed E-state index contributed by atoms with van der Waals surface area (Å²) < 4.78 is 5.18. The van der Waals surface area contributed by atoms with Gasteiger partial charge >= 0.3 is 0 Å². The number of hydrogen-bond acceptors (Lipinski definition) is 2. The number of halogens is 3. The standard InChI is InChI=1S/C13H14Br2IN3/c1-7-13(15)12(19(2)18-7)6-11(17)9-5-8(16)3-4-10(9)14/h3-5,11H,6,17H2,1-2H3. The highest BCUT2D eigenvalue weighted by Crippen LogP contribution is 2.29. The molecular formula is C13H14Br2IN3. The van der Waals surface area contributed by atoms with Gasteiger partial charge in [0.25, 0.3) is 0 Å². The van der Waals surface area contributed by atoms with Gasteiger partial charge in [-0.15, -0.1) is 0 Å². The Hall–Kier alpha value is 0.0800. The fraction of sp³-hybridized carbons (Fsp3) is 0.308. The molecule has 0 amide bonds. The molecule has 0 saturated carbocycles. The van der Waals surface area contributed by atoms with E-state index in [1.165, 1.54) is 3.57 Å². The summed E-state index contributed by atoms with van der Waals surface area (Å²) in [6.45, 7) is 1.99. The third kappa shape index (κ3) is 3.40. The van der Waals surface area contributed by atoms with Crippen LogP contribution in [-0.4, -0.2) is 9.78 Å². The van der Waals surface area contributed by atoms with Gasteiger partial charge in [0, 0.05) is 27.6 Å². The predicted octanol–water partition coefficient (Wildman–Crippen LogP) is 4.10. The zero-order valence-electron chi connectivity index (χ0n) is 10.6. The number of hydrogen-bond donors (Lipinski definition) is 1. The molecule has 0 aliphatic rings. The quantitative estimate of drug-likeness (QED) is 0.648. The van der Waals surface area contributed by atoms with Crippen LogP contribution in [0.15, 0.2) is 27.1 Å². The van der Waals surface area contributed by atoms with Gasteiger partial charge in [-0.25, -0.2) is 0 Å². The van der Waals surface area contributed by atoms with Crippen LogP contribution >= 0.6 is 54.5 Å². The molecule has 2 aromatic rings. The van der Waals surface area contributed by atoms with Gasteiger partial charge in [-0.1, -0.05) is 15.9 Å². The second-order valence-corrected chi connectivity index (χ2v) is 7.34. The maximum atomic E-state index is 6.35. The Kier molecular flexibility index (Phi) is 5.08. The highest BCUT2D eigenvalue weighted by atomic mass is 127. The molecule has 102 valence electrons. The minimum atomic E-state index is -0.0600. The molecule has 2 rings (SSSR count). The van der Waals surface area contributed by atoms with E-state index in [2.05, 4.69) is 71.7 Å². The van der Waals surface area contributed by atoms with Gasteiger partial charge in [-0.2, -0.15) is 5.10 Å². The van der Waals surface area contributed by atoms with Crippen LogP contribution in [-0.2, 0) is 13.5 Å². The van der Waals surface area contributed by atoms with Gasteiger partial charge in [0.05, 0.1) is 15.9 Å². The summed E-state index contributed by atoms with van der Waals surface area (Å²) in [6.07, 6.45) is 0.747. The maximum absolute atomic E-state index is 6.35. The number of rotatable bonds is 3. The van der Waals surface area contributed by atoms with Gasteiger partial charge in [-0.05, 0) is 69.2 Å². The lowest BCUT2D eigenvalue weighted by Crippen LogP contribution is -2.16. The maximum Gasteiger partial charge on any atom is 0.0738 e. The summed E-state index contributed by atoms with van der Waals surface area (Å²) in [7, 11) is 1.95. The normalized spacial score (nSPS) is 12.7. The van der Waals surface area contributed by atoms with E-state index in [9.17, 15) is 0 Å². The summed E-state index contributed by atoms with van der Waals surface area (Å²) in [5.41, 5.74) is 9.58. The number of aromatic nitrogens is 2. The van der Waals surface area contributed by atoms with E-state index in [4.69, 9.17) is 5.73 Å². The van der Waals surface area contributed by atoms with Crippen molar-refractivity contribution in [1.29, 1.82) is 0 Å². The molecule has 0 aliphatic carbocycles. The van der Waals surface area contributed by atoms with Crippen molar-refractivity contribution in [1.82, 2.24) is 9.78 Å². The number of nitrogens with zero attached hydrogens (tertiary/aromatic N) is 2. The Morgan fingerprint density at radius 3 is 2.68 bits per heavy atom. The van der Waals surface area contributed by atoms with Gasteiger partial charge in [0.15, 0.2) is 0 Å². The molecule has 1 aromatic heterocycles. The average Bonchev–Trinajstić information content (AvgIpc) is 2.59. The Morgan fingerprint density at radius 2 is 2.11 bits per heavy atom. The molecular weight excluding hydrogens is 485 g/mol. The monoisotopic (exact) mass is 497 g/mol. The van der Waals surface area contributed by atoms with Crippen molar-refractivity contribution in [2.24, 2.45) is 12.8 Å². The summed E-state index contributed by atoms with van der Waals surface area (Å²) in [5, 5.41) is 4.40. The third-order valence-electron chi connectivity index (χ3n) is 3.03. The van der Waals surface area contributed by atoms with Crippen LogP contribution in [0.4, 0.5) is 0 Å². The minimum absolute atomic E-state index is 0.0600. The van der Waals surface area contributed by atoms with Gasteiger partial charge in [0.2, 0.25) is 0 Å². The first kappa shape index (κ1) is 15.5. The summed E-state index contributed by atoms with van der Waals surface area (Å²) in [5.74, 6) is 0. The van der Waals surface area contributed by atoms with Crippen LogP contribution in [0.1, 0.15) is 23.0 Å². The highest BCUT2D eigenvalue weighted by Gasteiger charge is 2.17. The zero-order chi connectivity index (χ0) is 14.2. The first-order valence-corrected chi connectivity index (χ1v) is 8.45. The average molecular weight is 499 g/mol. The van der Waals surface area contributed by atoms with Crippen LogP contribution in [0, 0.1) is 10.5 Å². The van der Waals surface area contributed by atoms with Crippen LogP contribution in [0.5, 0.6) is 0 Å². The molecule has 1 aromatic carbocycles. The van der Waals surface area contributed by atoms with Crippen molar-refractivity contribution in [3.8, 4) is 0 Å². The molecule has 6 heteroatoms. The Balaban J connectivity index is 2.30. The van der Waals surface area contributed by atoms with Crippen molar-refractivity contribution in [3.05, 3.63) is 47.7 Å². The van der Waals surface area contributed by atoms with E-state index in [-0.39, 0.29) is 6.04 Å². The molecule has 3 nitrogen and oxygen atoms in total. The zero-order valence-corrected chi connectivity index (χ0v) is 16.0. The van der Waals surface area contributed by atoms with Crippen molar-refractivity contribution < 1.29 is 0 Å². The van der Waals surface area contributed by atoms with Crippen LogP contribution in [0.25, 0.3) is 0 Å². The van der Waals surface area contributed by atoms with Crippen molar-refractivity contribution in [3.63, 3.8) is 0 Å². The number of benzene rings is 1. The summed E-state index contributed by atoms with van der Waals surface area (Å²) in [6, 6.07) is 6.16. The Labute approximate surface area is 143 Å². The molecule has 0 fully saturated rings. The smallest absolute Gasteiger partial charge is 0.0738 e. The topological polar surface area (TPSA) is 43.8 Å². The molecule has 0 radical (unpaired) electrons. The van der Waals surface area contributed by atoms with E-state index in [1.54, 1.807) is 0 Å². The van der Waals surface area contributed by atoms with E-state index >= 15 is 0 Å². The van der Waals surface area contributed by atoms with Gasteiger partial charge in [0.1, 0.15) is 0 Å². The van der Waals surface area contributed by atoms with Crippen LogP contribution < -0.4 is 5.73 Å². The Morgan fingerprint density at radius 1 is 1.42 bits per heavy atom. The second-order valence-electron chi connectivity index (χ2n) is 4.45. The van der Waals surface area contributed by atoms with E-state index in [0.717, 1.165) is 32.3 Å². The van der Waals surface area contributed by atoms with Gasteiger partial charge in [-0.3, -0.25) is 4.68 Å². The molecule has 2 N–H and O–H groups in total. The number of nitrogens with two attached hydrogens (primary N) is 1. The van der Waals surface area contributed by atoms with Crippen molar-refractivity contribution in [2.75, 3.05) is 0 Å². The molecule has 0 saturated heterocycles. The Bertz CT molecular complexity index is 610. The van der Waals surface area contributed by atoms with Gasteiger partial charge < -0.3 is 5.73 Å². The molecule has 0 bridgehead atoms. The minimum Gasteiger partial charge on any atom is -0.324 e. The van der Waals surface area contributed by atoms with Crippen LogP contribution in [0.2, 0.25) is 0 Å². The fourth-order valence-electron chi connectivity index (χ4n) is 2.02. The van der Waals surface area contributed by atoms with E-state index in [1.807, 2.05) is 24.7 Å². The van der Waals surface area contributed by atoms with E-state index in [0.29, 0.717) is 0 Å². The third-order valence-corrected chi connectivity index (χ3v) is 5.46. The van der Waals surface area contributed by atoms with E-state index < -0.39 is 0 Å². The predicted molar refractivity (Wildman–Crippen MR) is 93.1 cm³/mol. The molecule has 1 atom stereocenters. The fourth-order valence-corrected chi connectivity index (χ4v) is 3.57. The molecule has 0 spiro atoms. The highest BCUT2D eigenvalue weighted by molar-refractivity contribution is 14.1. The first-order valence-electron chi connectivity index (χ1n) is 5.78. The second kappa shape index (κ2) is 6.24. The SMILES string of the molecule is Cc1nn(C)c(CC(N)c2cc(I)ccc2Br)c1Br. The molecule has 0 aliphatic heterocycles. The lowest BCUT2D eigenvalue weighted by molar-refractivity contribution is 0.636. The molecule has 19 heavy (non-hydrogen) atoms. The van der Waals surface area contributed by atoms with Crippen LogP contribution in [0.3, 0.4) is 0 Å². The molecule has 1 heterocycles. The van der Waals surface area contributed by atoms with Crippen molar-refractivity contribution >= 4 is 54.5 Å². The first-order chi connectivity index (χ1) is 8.90. The lowest BCUT2D eigenvalue weighted by Gasteiger charge is -2.15. The number of aryl methyl sites for hydroxylation is 2. The van der Waals surface area contributed by atoms with Crippen molar-refractivity contribution in [2.45, 2.75) is 19.4 Å². The largest absolute Gasteiger partial charge is 0.324 e.